The molecule has 68 valence electrons. The van der Waals surface area contributed by atoms with E-state index in [9.17, 15) is 0 Å². The molecule has 3 heteroatoms. The molecule has 0 saturated carbocycles. The first-order valence-corrected chi connectivity index (χ1v) is 5.66. The summed E-state index contributed by atoms with van der Waals surface area (Å²) in [6, 6.07) is 0. The Kier molecular flexibility index (Phi) is 4.62. The highest BCUT2D eigenvalue weighted by Gasteiger charge is 2.03. The molecule has 0 spiro atoms. The molecule has 0 amide bonds. The van der Waals surface area contributed by atoms with Crippen LogP contribution in [0, 0.1) is 0 Å². The molecule has 0 aromatic carbocycles. The van der Waals surface area contributed by atoms with Crippen molar-refractivity contribution in [3.8, 4) is 0 Å². The van der Waals surface area contributed by atoms with Gasteiger partial charge in [-0.05, 0) is 19.3 Å². The van der Waals surface area contributed by atoms with Crippen molar-refractivity contribution < 1.29 is 0 Å². The summed E-state index contributed by atoms with van der Waals surface area (Å²) in [6.45, 7) is 2.17. The lowest BCUT2D eigenvalue weighted by Crippen LogP contribution is -1.98. The molecule has 1 atom stereocenters. The van der Waals surface area contributed by atoms with Crippen LogP contribution in [0.5, 0.6) is 0 Å². The number of hydrogen-bond acceptors (Lipinski definition) is 2. The lowest BCUT2D eigenvalue weighted by atomic mass is 10.1. The summed E-state index contributed by atoms with van der Waals surface area (Å²) in [5, 5.41) is 0.345. The van der Waals surface area contributed by atoms with E-state index >= 15 is 0 Å². The lowest BCUT2D eigenvalue weighted by Gasteiger charge is -2.05. The number of alkyl halides is 1. The van der Waals surface area contributed by atoms with Gasteiger partial charge in [-0.25, -0.2) is 0 Å². The van der Waals surface area contributed by atoms with Crippen LogP contribution in [0.15, 0.2) is 11.7 Å². The van der Waals surface area contributed by atoms with Crippen LogP contribution in [0.25, 0.3) is 0 Å². The van der Waals surface area contributed by atoms with Crippen LogP contribution in [0.4, 0.5) is 0 Å². The van der Waals surface area contributed by atoms with E-state index in [4.69, 9.17) is 11.6 Å². The predicted molar refractivity (Wildman–Crippen MR) is 55.0 cm³/mol. The van der Waals surface area contributed by atoms with E-state index < -0.39 is 0 Å². The second kappa shape index (κ2) is 5.55. The Hall–Kier alpha value is -0.0800. The van der Waals surface area contributed by atoms with Crippen LogP contribution in [0.1, 0.15) is 31.1 Å². The van der Waals surface area contributed by atoms with Gasteiger partial charge in [0.05, 0.1) is 5.51 Å². The Labute approximate surface area is 82.8 Å². The zero-order chi connectivity index (χ0) is 8.81. The van der Waals surface area contributed by atoms with Crippen LogP contribution >= 0.6 is 22.9 Å². The van der Waals surface area contributed by atoms with Crippen molar-refractivity contribution in [3.63, 3.8) is 0 Å². The smallest absolute Gasteiger partial charge is 0.0794 e. The average molecular weight is 204 g/mol. The van der Waals surface area contributed by atoms with Gasteiger partial charge in [0.25, 0.3) is 0 Å². The molecule has 0 aliphatic carbocycles. The number of thiazole rings is 1. The monoisotopic (exact) mass is 203 g/mol. The van der Waals surface area contributed by atoms with Crippen molar-refractivity contribution in [2.75, 3.05) is 0 Å². The summed E-state index contributed by atoms with van der Waals surface area (Å²) in [5.74, 6) is 0. The molecule has 0 N–H and O–H groups in total. The van der Waals surface area contributed by atoms with Gasteiger partial charge < -0.3 is 0 Å². The topological polar surface area (TPSA) is 12.9 Å². The maximum Gasteiger partial charge on any atom is 0.0794 e. The van der Waals surface area contributed by atoms with Crippen molar-refractivity contribution in [1.82, 2.24) is 4.98 Å². The summed E-state index contributed by atoms with van der Waals surface area (Å²) >= 11 is 7.80. The van der Waals surface area contributed by atoms with E-state index in [2.05, 4.69) is 11.9 Å². The molecule has 0 bridgehead atoms. The normalized spacial score (nSPS) is 13.2. The number of nitrogens with zero attached hydrogens (tertiary/aromatic N) is 1. The Balaban J connectivity index is 2.17. The fraction of sp³-hybridized carbons (Fsp3) is 0.667. The van der Waals surface area contributed by atoms with Crippen LogP contribution in [-0.2, 0) is 6.42 Å². The Morgan fingerprint density at radius 1 is 1.58 bits per heavy atom. The first kappa shape index (κ1) is 10.0. The number of aromatic nitrogens is 1. The van der Waals surface area contributed by atoms with Crippen molar-refractivity contribution in [1.29, 1.82) is 0 Å². The van der Waals surface area contributed by atoms with Crippen LogP contribution < -0.4 is 0 Å². The van der Waals surface area contributed by atoms with Gasteiger partial charge in [0.2, 0.25) is 0 Å². The Bertz CT molecular complexity index is 198. The summed E-state index contributed by atoms with van der Waals surface area (Å²) in [7, 11) is 0. The van der Waals surface area contributed by atoms with E-state index in [0.29, 0.717) is 5.38 Å². The average Bonchev–Trinajstić information content (AvgIpc) is 2.53. The van der Waals surface area contributed by atoms with E-state index in [-0.39, 0.29) is 0 Å². The molecule has 0 aliphatic rings. The van der Waals surface area contributed by atoms with Gasteiger partial charge in [0.1, 0.15) is 0 Å². The number of rotatable bonds is 5. The number of halogens is 1. The minimum Gasteiger partial charge on any atom is -0.253 e. The highest BCUT2D eigenvalue weighted by molar-refractivity contribution is 7.09. The fourth-order valence-electron chi connectivity index (χ4n) is 1.12. The van der Waals surface area contributed by atoms with Gasteiger partial charge in [0.15, 0.2) is 0 Å². The minimum atomic E-state index is 0.345. The van der Waals surface area contributed by atoms with Gasteiger partial charge in [-0.2, -0.15) is 0 Å². The van der Waals surface area contributed by atoms with Crippen molar-refractivity contribution >= 4 is 22.9 Å². The zero-order valence-corrected chi connectivity index (χ0v) is 8.87. The molecule has 1 aromatic heterocycles. The third-order valence-electron chi connectivity index (χ3n) is 1.79. The maximum atomic E-state index is 6.08. The van der Waals surface area contributed by atoms with Gasteiger partial charge in [-0.1, -0.05) is 13.3 Å². The van der Waals surface area contributed by atoms with Crippen LogP contribution in [0.3, 0.4) is 0 Å². The third kappa shape index (κ3) is 3.55. The molecule has 0 aliphatic heterocycles. The second-order valence-corrected chi connectivity index (χ2v) is 4.48. The summed E-state index contributed by atoms with van der Waals surface area (Å²) in [6.07, 6.45) is 6.40. The van der Waals surface area contributed by atoms with E-state index in [0.717, 1.165) is 19.3 Å². The number of hydrogen-bond donors (Lipinski definition) is 0. The largest absolute Gasteiger partial charge is 0.253 e. The molecule has 1 unspecified atom stereocenters. The molecule has 0 radical (unpaired) electrons. The summed E-state index contributed by atoms with van der Waals surface area (Å²) < 4.78 is 0. The van der Waals surface area contributed by atoms with Gasteiger partial charge in [0, 0.05) is 16.5 Å². The molecule has 12 heavy (non-hydrogen) atoms. The Morgan fingerprint density at radius 3 is 3.00 bits per heavy atom. The molecule has 1 aromatic rings. The highest BCUT2D eigenvalue weighted by Crippen LogP contribution is 2.15. The molecular formula is C9H14ClNS. The fourth-order valence-corrected chi connectivity index (χ4v) is 2.06. The van der Waals surface area contributed by atoms with Gasteiger partial charge >= 0.3 is 0 Å². The van der Waals surface area contributed by atoms with Gasteiger partial charge in [-0.15, -0.1) is 22.9 Å². The zero-order valence-electron chi connectivity index (χ0n) is 7.29. The number of aryl methyl sites for hydroxylation is 1. The van der Waals surface area contributed by atoms with Crippen LogP contribution in [-0.4, -0.2) is 10.4 Å². The molecule has 0 fully saturated rings. The molecule has 1 nitrogen and oxygen atoms in total. The first-order chi connectivity index (χ1) is 5.83. The summed E-state index contributed by atoms with van der Waals surface area (Å²) in [5.41, 5.74) is 1.87. The quantitative estimate of drug-likeness (QED) is 0.668. The molecule has 1 heterocycles. The molecule has 1 rings (SSSR count). The molecule has 0 saturated heterocycles. The van der Waals surface area contributed by atoms with E-state index in [1.807, 2.05) is 11.7 Å². The van der Waals surface area contributed by atoms with E-state index in [1.165, 1.54) is 11.3 Å². The van der Waals surface area contributed by atoms with Crippen molar-refractivity contribution in [3.05, 3.63) is 16.6 Å². The van der Waals surface area contributed by atoms with Crippen molar-refractivity contribution in [2.24, 2.45) is 0 Å². The molecular weight excluding hydrogens is 190 g/mol. The summed E-state index contributed by atoms with van der Waals surface area (Å²) in [4.78, 5) is 5.37. The SMILES string of the molecule is CCCC(Cl)CCc1cncs1. The predicted octanol–water partition coefficient (Wildman–Crippen LogP) is 3.48. The second-order valence-electron chi connectivity index (χ2n) is 2.89. The van der Waals surface area contributed by atoms with E-state index in [1.54, 1.807) is 11.3 Å². The maximum absolute atomic E-state index is 6.08. The highest BCUT2D eigenvalue weighted by atomic mass is 35.5. The Morgan fingerprint density at radius 2 is 2.42 bits per heavy atom. The van der Waals surface area contributed by atoms with Crippen LogP contribution in [0.2, 0.25) is 0 Å². The van der Waals surface area contributed by atoms with Gasteiger partial charge in [-0.3, -0.25) is 4.98 Å². The lowest BCUT2D eigenvalue weighted by molar-refractivity contribution is 0.679. The standard InChI is InChI=1S/C9H14ClNS/c1-2-3-8(10)4-5-9-6-11-7-12-9/h6-8H,2-5H2,1H3. The van der Waals surface area contributed by atoms with Crippen molar-refractivity contribution in [2.45, 2.75) is 38.0 Å². The first-order valence-electron chi connectivity index (χ1n) is 4.34. The third-order valence-corrected chi connectivity index (χ3v) is 3.07. The minimum absolute atomic E-state index is 0.345.